The number of rotatable bonds is 9. The van der Waals surface area contributed by atoms with Crippen molar-refractivity contribution in [2.75, 3.05) is 64.3 Å². The summed E-state index contributed by atoms with van der Waals surface area (Å²) in [5.41, 5.74) is 0.790. The first-order chi connectivity index (χ1) is 18.4. The summed E-state index contributed by atoms with van der Waals surface area (Å²) < 4.78 is 47.2. The van der Waals surface area contributed by atoms with Gasteiger partial charge < -0.3 is 25.4 Å². The fourth-order valence-electron chi connectivity index (χ4n) is 6.48. The molecule has 1 unspecified atom stereocenters. The average molecular weight is 535 g/mol. The van der Waals surface area contributed by atoms with Crippen molar-refractivity contribution >= 4 is 5.69 Å². The number of nitrogens with one attached hydrogen (secondary N) is 2. The predicted octanol–water partition coefficient (Wildman–Crippen LogP) is 4.06. The number of nitrogens with zero attached hydrogens (tertiary/aromatic N) is 2. The van der Waals surface area contributed by atoms with Crippen molar-refractivity contribution in [2.45, 2.75) is 50.1 Å². The van der Waals surface area contributed by atoms with Gasteiger partial charge in [-0.2, -0.15) is 13.2 Å². The highest BCUT2D eigenvalue weighted by Crippen LogP contribution is 2.49. The fourth-order valence-corrected chi connectivity index (χ4v) is 6.48. The predicted molar refractivity (Wildman–Crippen MR) is 143 cm³/mol. The van der Waals surface area contributed by atoms with Crippen LogP contribution in [0.25, 0.3) is 0 Å². The van der Waals surface area contributed by atoms with Gasteiger partial charge in [-0.1, -0.05) is 24.3 Å². The highest BCUT2D eigenvalue weighted by Gasteiger charge is 2.44. The summed E-state index contributed by atoms with van der Waals surface area (Å²) >= 11 is 0. The monoisotopic (exact) mass is 534 g/mol. The SMILES string of the molecule is OCCN1CCN(CCCNC[C@H]2CC[C@@H]3[C@H](O2)c2cc(C(F)(F)F)ccc2N[C@H]3C2C=CC=CC2)CC1. The molecule has 5 rings (SSSR count). The molecular formula is C29H41F3N4O2. The lowest BCUT2D eigenvalue weighted by molar-refractivity contribution is -0.138. The molecule has 2 fully saturated rings. The highest BCUT2D eigenvalue weighted by molar-refractivity contribution is 5.58. The standard InChI is InChI=1S/C29H41F3N4O2/c30-29(31,32)22-7-10-26-25(19-22)28-24(27(34-26)21-5-2-1-3-6-21)9-8-23(38-28)20-33-11-4-12-35-13-15-36(16-14-35)17-18-37/h1-3,5,7,10,19,21,23-24,27-28,33-34,37H,4,6,8-9,11-18,20H2/t21?,23-,24+,27+,28+/m1/s1. The molecule has 6 nitrogen and oxygen atoms in total. The van der Waals surface area contributed by atoms with Crippen molar-refractivity contribution < 1.29 is 23.0 Å². The molecule has 0 amide bonds. The number of halogens is 3. The Morgan fingerprint density at radius 3 is 2.55 bits per heavy atom. The first kappa shape index (κ1) is 27.6. The van der Waals surface area contributed by atoms with E-state index in [2.05, 4.69) is 44.7 Å². The number of alkyl halides is 3. The molecule has 0 radical (unpaired) electrons. The molecular weight excluding hydrogens is 493 g/mol. The third-order valence-electron chi connectivity index (χ3n) is 8.57. The van der Waals surface area contributed by atoms with Crippen LogP contribution in [0.1, 0.15) is 42.9 Å². The summed E-state index contributed by atoms with van der Waals surface area (Å²) in [5.74, 6) is 0.430. The molecule has 2 saturated heterocycles. The fraction of sp³-hybridized carbons (Fsp3) is 0.655. The molecule has 38 heavy (non-hydrogen) atoms. The van der Waals surface area contributed by atoms with Gasteiger partial charge in [0.2, 0.25) is 0 Å². The van der Waals surface area contributed by atoms with E-state index in [0.29, 0.717) is 18.0 Å². The van der Waals surface area contributed by atoms with Crippen LogP contribution in [0.3, 0.4) is 0 Å². The van der Waals surface area contributed by atoms with Gasteiger partial charge in [-0.3, -0.25) is 4.90 Å². The number of benzene rings is 1. The van der Waals surface area contributed by atoms with Crippen molar-refractivity contribution in [3.63, 3.8) is 0 Å². The van der Waals surface area contributed by atoms with E-state index >= 15 is 0 Å². The van der Waals surface area contributed by atoms with Crippen molar-refractivity contribution in [1.82, 2.24) is 15.1 Å². The van der Waals surface area contributed by atoms with E-state index < -0.39 is 11.7 Å². The van der Waals surface area contributed by atoms with Gasteiger partial charge in [-0.25, -0.2) is 0 Å². The van der Waals surface area contributed by atoms with Crippen LogP contribution in [0.15, 0.2) is 42.5 Å². The van der Waals surface area contributed by atoms with E-state index in [1.54, 1.807) is 6.07 Å². The molecule has 0 saturated carbocycles. The Labute approximate surface area is 223 Å². The van der Waals surface area contributed by atoms with Crippen LogP contribution < -0.4 is 10.6 Å². The minimum atomic E-state index is -4.38. The molecule has 210 valence electrons. The second-order valence-electron chi connectivity index (χ2n) is 11.1. The summed E-state index contributed by atoms with van der Waals surface area (Å²) in [6, 6.07) is 4.19. The Balaban J connectivity index is 1.17. The van der Waals surface area contributed by atoms with E-state index in [-0.39, 0.29) is 30.8 Å². The molecule has 1 aromatic carbocycles. The summed E-state index contributed by atoms with van der Waals surface area (Å²) in [7, 11) is 0. The first-order valence-corrected chi connectivity index (χ1v) is 14.1. The third kappa shape index (κ3) is 6.62. The number of aliphatic hydroxyl groups is 1. The van der Waals surface area contributed by atoms with Gasteiger partial charge >= 0.3 is 6.18 Å². The molecule has 4 aliphatic rings. The zero-order chi connectivity index (χ0) is 26.5. The van der Waals surface area contributed by atoms with Gasteiger partial charge in [0, 0.05) is 68.4 Å². The van der Waals surface area contributed by atoms with Crippen molar-refractivity contribution in [2.24, 2.45) is 11.8 Å². The number of allylic oxidation sites excluding steroid dienone is 3. The van der Waals surface area contributed by atoms with Gasteiger partial charge in [0.15, 0.2) is 0 Å². The molecule has 0 spiro atoms. The molecule has 1 aliphatic carbocycles. The topological polar surface area (TPSA) is 60.0 Å². The molecule has 3 N–H and O–H groups in total. The van der Waals surface area contributed by atoms with Crippen molar-refractivity contribution in [3.05, 3.63) is 53.6 Å². The second-order valence-corrected chi connectivity index (χ2v) is 11.1. The maximum absolute atomic E-state index is 13.5. The number of hydrogen-bond acceptors (Lipinski definition) is 6. The van der Waals surface area contributed by atoms with Crippen molar-refractivity contribution in [1.29, 1.82) is 0 Å². The van der Waals surface area contributed by atoms with Crippen LogP contribution in [0, 0.1) is 11.8 Å². The average Bonchev–Trinajstić information content (AvgIpc) is 2.93. The van der Waals surface area contributed by atoms with Gasteiger partial charge in [-0.05, 0) is 57.0 Å². The second kappa shape index (κ2) is 12.5. The van der Waals surface area contributed by atoms with Gasteiger partial charge in [0.05, 0.1) is 24.4 Å². The minimum Gasteiger partial charge on any atom is -0.395 e. The number of aliphatic hydroxyl groups excluding tert-OH is 1. The van der Waals surface area contributed by atoms with Crippen LogP contribution in [-0.4, -0.2) is 86.0 Å². The van der Waals surface area contributed by atoms with Crippen LogP contribution in [0.5, 0.6) is 0 Å². The minimum absolute atomic E-state index is 0.0128. The summed E-state index contributed by atoms with van der Waals surface area (Å²) in [5, 5.41) is 16.2. The summed E-state index contributed by atoms with van der Waals surface area (Å²) in [6.45, 7) is 7.71. The zero-order valence-electron chi connectivity index (χ0n) is 22.0. The molecule has 0 aromatic heterocycles. The lowest BCUT2D eigenvalue weighted by Crippen LogP contribution is -2.48. The van der Waals surface area contributed by atoms with E-state index in [0.717, 1.165) is 77.2 Å². The summed E-state index contributed by atoms with van der Waals surface area (Å²) in [6.07, 6.45) is 7.57. The number of piperazine rings is 1. The number of ether oxygens (including phenoxy) is 1. The van der Waals surface area contributed by atoms with Crippen LogP contribution >= 0.6 is 0 Å². The normalized spacial score (nSPS) is 30.1. The maximum atomic E-state index is 13.5. The highest BCUT2D eigenvalue weighted by atomic mass is 19.4. The largest absolute Gasteiger partial charge is 0.416 e. The molecule has 0 bridgehead atoms. The Hall–Kier alpha value is -1.91. The van der Waals surface area contributed by atoms with Crippen LogP contribution in [0.4, 0.5) is 18.9 Å². The Kier molecular flexibility index (Phi) is 9.10. The number of hydrogen-bond donors (Lipinski definition) is 3. The first-order valence-electron chi connectivity index (χ1n) is 14.1. The third-order valence-corrected chi connectivity index (χ3v) is 8.57. The number of β-amino-alcohol motifs (C(OH)–C–C–N with tert-alkyl or cyclic N) is 1. The number of fused-ring (bicyclic) bond motifs is 3. The van der Waals surface area contributed by atoms with Crippen LogP contribution in [0.2, 0.25) is 0 Å². The van der Waals surface area contributed by atoms with Gasteiger partial charge in [0.25, 0.3) is 0 Å². The van der Waals surface area contributed by atoms with Gasteiger partial charge in [0.1, 0.15) is 0 Å². The van der Waals surface area contributed by atoms with Gasteiger partial charge in [-0.15, -0.1) is 0 Å². The maximum Gasteiger partial charge on any atom is 0.416 e. The van der Waals surface area contributed by atoms with E-state index in [9.17, 15) is 13.2 Å². The van der Waals surface area contributed by atoms with E-state index in [1.165, 1.54) is 12.1 Å². The molecule has 1 aromatic rings. The van der Waals surface area contributed by atoms with Crippen molar-refractivity contribution in [3.8, 4) is 0 Å². The summed E-state index contributed by atoms with van der Waals surface area (Å²) in [4.78, 5) is 4.77. The molecule has 3 heterocycles. The Morgan fingerprint density at radius 1 is 1.05 bits per heavy atom. The number of anilines is 1. The zero-order valence-corrected chi connectivity index (χ0v) is 22.0. The molecule has 9 heteroatoms. The Bertz CT molecular complexity index is 977. The lowest BCUT2D eigenvalue weighted by Gasteiger charge is -2.47. The van der Waals surface area contributed by atoms with E-state index in [1.807, 2.05) is 0 Å². The van der Waals surface area contributed by atoms with E-state index in [4.69, 9.17) is 9.84 Å². The molecule has 5 atom stereocenters. The quantitative estimate of drug-likeness (QED) is 0.416. The van der Waals surface area contributed by atoms with Crippen LogP contribution in [-0.2, 0) is 10.9 Å². The smallest absolute Gasteiger partial charge is 0.395 e. The Morgan fingerprint density at radius 2 is 1.84 bits per heavy atom. The molecule has 3 aliphatic heterocycles. The lowest BCUT2D eigenvalue weighted by atomic mass is 9.73.